The molecule has 4 rings (SSSR count). The Labute approximate surface area is 142 Å². The molecule has 0 aliphatic carbocycles. The van der Waals surface area contributed by atoms with E-state index in [-0.39, 0.29) is 5.91 Å². The summed E-state index contributed by atoms with van der Waals surface area (Å²) in [5, 5.41) is 9.39. The average molecular weight is 335 g/mol. The van der Waals surface area contributed by atoms with Crippen LogP contribution in [0.2, 0.25) is 0 Å². The summed E-state index contributed by atoms with van der Waals surface area (Å²) in [4.78, 5) is 19.9. The van der Waals surface area contributed by atoms with Crippen LogP contribution in [0.15, 0.2) is 54.9 Å². The van der Waals surface area contributed by atoms with E-state index < -0.39 is 5.82 Å². The molecule has 1 amide bonds. The van der Waals surface area contributed by atoms with Gasteiger partial charge in [0, 0.05) is 17.5 Å². The fraction of sp³-hybridized carbons (Fsp3) is 0.0556. The molecule has 0 aliphatic rings. The van der Waals surface area contributed by atoms with Crippen molar-refractivity contribution in [1.29, 1.82) is 0 Å². The Morgan fingerprint density at radius 2 is 2.08 bits per heavy atom. The highest BCUT2D eigenvalue weighted by molar-refractivity contribution is 5.99. The van der Waals surface area contributed by atoms with Gasteiger partial charge in [0.2, 0.25) is 0 Å². The minimum absolute atomic E-state index is 0.291. The van der Waals surface area contributed by atoms with E-state index in [1.807, 2.05) is 18.2 Å². The number of amides is 1. The summed E-state index contributed by atoms with van der Waals surface area (Å²) in [5.74, 6) is -0.749. The molecular weight excluding hydrogens is 321 g/mol. The molecule has 1 aromatic carbocycles. The monoisotopic (exact) mass is 335 g/mol. The fourth-order valence-electron chi connectivity index (χ4n) is 2.71. The van der Waals surface area contributed by atoms with Crippen LogP contribution in [0.5, 0.6) is 0 Å². The topological polar surface area (TPSA) is 86.5 Å². The van der Waals surface area contributed by atoms with Gasteiger partial charge in [-0.2, -0.15) is 5.10 Å². The lowest BCUT2D eigenvalue weighted by molar-refractivity contribution is 0.0951. The third kappa shape index (κ3) is 2.87. The molecule has 6 nitrogen and oxygen atoms in total. The van der Waals surface area contributed by atoms with Crippen molar-refractivity contribution < 1.29 is 9.18 Å². The predicted molar refractivity (Wildman–Crippen MR) is 91.2 cm³/mol. The highest BCUT2D eigenvalue weighted by Gasteiger charge is 2.17. The first-order valence-electron chi connectivity index (χ1n) is 7.71. The Kier molecular flexibility index (Phi) is 3.74. The zero-order valence-electron chi connectivity index (χ0n) is 13.1. The van der Waals surface area contributed by atoms with E-state index in [0.717, 1.165) is 16.7 Å². The van der Waals surface area contributed by atoms with Gasteiger partial charge in [-0.05, 0) is 30.3 Å². The van der Waals surface area contributed by atoms with Gasteiger partial charge in [0.05, 0.1) is 35.0 Å². The lowest BCUT2D eigenvalue weighted by Gasteiger charge is -2.05. The van der Waals surface area contributed by atoms with Crippen LogP contribution in [-0.2, 0) is 6.54 Å². The van der Waals surface area contributed by atoms with E-state index in [1.54, 1.807) is 24.4 Å². The largest absolute Gasteiger partial charge is 0.356 e. The molecule has 7 heteroatoms. The second kappa shape index (κ2) is 6.20. The summed E-state index contributed by atoms with van der Waals surface area (Å²) >= 11 is 0. The Morgan fingerprint density at radius 1 is 1.20 bits per heavy atom. The summed E-state index contributed by atoms with van der Waals surface area (Å²) < 4.78 is 14.0. The zero-order valence-corrected chi connectivity index (χ0v) is 13.1. The van der Waals surface area contributed by atoms with Crippen LogP contribution >= 0.6 is 0 Å². The molecule has 25 heavy (non-hydrogen) atoms. The molecule has 0 unspecified atom stereocenters. The standard InChI is InChI=1S/C18H14FN5O/c19-14-5-2-1-4-12(14)17-13(10-22-24-17)18(25)21-9-11-8-16-15(23-11)6-3-7-20-16/h1-8,10,23H,9H2,(H,21,25)(H,22,24). The van der Waals surface area contributed by atoms with Crippen LogP contribution in [0, 0.1) is 5.82 Å². The number of aromatic nitrogens is 4. The van der Waals surface area contributed by atoms with Crippen LogP contribution in [0.4, 0.5) is 4.39 Å². The first-order chi connectivity index (χ1) is 12.2. The maximum absolute atomic E-state index is 14.0. The van der Waals surface area contributed by atoms with Gasteiger partial charge in [0.1, 0.15) is 5.82 Å². The summed E-state index contributed by atoms with van der Waals surface area (Å²) in [6.45, 7) is 0.303. The van der Waals surface area contributed by atoms with Crippen molar-refractivity contribution in [2.75, 3.05) is 0 Å². The number of carbonyl (C=O) groups excluding carboxylic acids is 1. The number of rotatable bonds is 4. The highest BCUT2D eigenvalue weighted by atomic mass is 19.1. The number of nitrogens with one attached hydrogen (secondary N) is 3. The van der Waals surface area contributed by atoms with Gasteiger partial charge >= 0.3 is 0 Å². The van der Waals surface area contributed by atoms with Gasteiger partial charge in [-0.25, -0.2) is 4.39 Å². The van der Waals surface area contributed by atoms with Crippen molar-refractivity contribution in [1.82, 2.24) is 25.5 Å². The van der Waals surface area contributed by atoms with Crippen molar-refractivity contribution in [3.8, 4) is 11.3 Å². The molecule has 124 valence electrons. The van der Waals surface area contributed by atoms with E-state index in [1.165, 1.54) is 12.3 Å². The van der Waals surface area contributed by atoms with Crippen molar-refractivity contribution in [3.05, 3.63) is 71.9 Å². The number of H-pyrrole nitrogens is 2. The van der Waals surface area contributed by atoms with E-state index in [2.05, 4.69) is 25.5 Å². The van der Waals surface area contributed by atoms with Gasteiger partial charge in [0.25, 0.3) is 5.91 Å². The number of pyridine rings is 1. The zero-order chi connectivity index (χ0) is 17.2. The summed E-state index contributed by atoms with van der Waals surface area (Å²) in [7, 11) is 0. The van der Waals surface area contributed by atoms with Crippen molar-refractivity contribution in [2.45, 2.75) is 6.54 Å². The molecule has 3 heterocycles. The summed E-state index contributed by atoms with van der Waals surface area (Å²) in [5.41, 5.74) is 3.52. The molecule has 0 atom stereocenters. The number of hydrogen-bond acceptors (Lipinski definition) is 3. The van der Waals surface area contributed by atoms with E-state index in [9.17, 15) is 9.18 Å². The van der Waals surface area contributed by atoms with Crippen LogP contribution in [0.1, 0.15) is 16.1 Å². The average Bonchev–Trinajstić information content (AvgIpc) is 3.26. The SMILES string of the molecule is O=C(NCc1cc2ncccc2[nH]1)c1cn[nH]c1-c1ccccc1F. The molecular formula is C18H14FN5O. The normalized spacial score (nSPS) is 10.9. The molecule has 0 fully saturated rings. The molecule has 3 aromatic heterocycles. The minimum Gasteiger partial charge on any atom is -0.356 e. The fourth-order valence-corrected chi connectivity index (χ4v) is 2.71. The second-order valence-corrected chi connectivity index (χ2v) is 5.55. The molecule has 0 bridgehead atoms. The third-order valence-electron chi connectivity index (χ3n) is 3.91. The van der Waals surface area contributed by atoms with Gasteiger partial charge in [-0.3, -0.25) is 14.9 Å². The minimum atomic E-state index is -0.414. The molecule has 0 radical (unpaired) electrons. The van der Waals surface area contributed by atoms with Crippen LogP contribution < -0.4 is 5.32 Å². The lowest BCUT2D eigenvalue weighted by Crippen LogP contribution is -2.23. The van der Waals surface area contributed by atoms with Gasteiger partial charge in [-0.1, -0.05) is 12.1 Å². The maximum atomic E-state index is 14.0. The summed E-state index contributed by atoms with van der Waals surface area (Å²) in [6, 6.07) is 11.9. The first-order valence-corrected chi connectivity index (χ1v) is 7.71. The number of fused-ring (bicyclic) bond motifs is 1. The molecule has 0 saturated carbocycles. The number of halogens is 1. The number of benzene rings is 1. The second-order valence-electron chi connectivity index (χ2n) is 5.55. The Bertz CT molecular complexity index is 1020. The van der Waals surface area contributed by atoms with E-state index in [0.29, 0.717) is 23.4 Å². The van der Waals surface area contributed by atoms with Gasteiger partial charge < -0.3 is 10.3 Å². The molecule has 3 N–H and O–H groups in total. The Hall–Kier alpha value is -3.48. The number of nitrogens with zero attached hydrogens (tertiary/aromatic N) is 2. The number of carbonyl (C=O) groups is 1. The molecule has 0 spiro atoms. The summed E-state index contributed by atoms with van der Waals surface area (Å²) in [6.07, 6.45) is 3.11. The lowest BCUT2D eigenvalue weighted by atomic mass is 10.1. The van der Waals surface area contributed by atoms with Crippen molar-refractivity contribution >= 4 is 16.9 Å². The number of hydrogen-bond donors (Lipinski definition) is 3. The molecule has 4 aromatic rings. The molecule has 0 saturated heterocycles. The van der Waals surface area contributed by atoms with E-state index >= 15 is 0 Å². The van der Waals surface area contributed by atoms with Crippen molar-refractivity contribution in [3.63, 3.8) is 0 Å². The maximum Gasteiger partial charge on any atom is 0.255 e. The van der Waals surface area contributed by atoms with Crippen LogP contribution in [0.3, 0.4) is 0 Å². The first kappa shape index (κ1) is 15.1. The number of aromatic amines is 2. The van der Waals surface area contributed by atoms with Gasteiger partial charge in [-0.15, -0.1) is 0 Å². The predicted octanol–water partition coefficient (Wildman–Crippen LogP) is 3.02. The van der Waals surface area contributed by atoms with Gasteiger partial charge in [0.15, 0.2) is 0 Å². The van der Waals surface area contributed by atoms with Crippen LogP contribution in [-0.4, -0.2) is 26.1 Å². The van der Waals surface area contributed by atoms with Crippen LogP contribution in [0.25, 0.3) is 22.3 Å². The van der Waals surface area contributed by atoms with Crippen molar-refractivity contribution in [2.24, 2.45) is 0 Å². The Morgan fingerprint density at radius 3 is 2.92 bits per heavy atom. The van der Waals surface area contributed by atoms with E-state index in [4.69, 9.17) is 0 Å². The third-order valence-corrected chi connectivity index (χ3v) is 3.91. The highest BCUT2D eigenvalue weighted by Crippen LogP contribution is 2.23. The quantitative estimate of drug-likeness (QED) is 0.536. The smallest absolute Gasteiger partial charge is 0.255 e. The Balaban J connectivity index is 1.54. The molecule has 0 aliphatic heterocycles.